The first-order valence-corrected chi connectivity index (χ1v) is 6.98. The molecule has 1 unspecified atom stereocenters. The van der Waals surface area contributed by atoms with Gasteiger partial charge in [-0.05, 0) is 18.8 Å². The van der Waals surface area contributed by atoms with Crippen molar-refractivity contribution in [1.82, 2.24) is 9.97 Å². The van der Waals surface area contributed by atoms with Crippen LogP contribution in [0.1, 0.15) is 58.0 Å². The van der Waals surface area contributed by atoms with Crippen LogP contribution in [0.3, 0.4) is 0 Å². The summed E-state index contributed by atoms with van der Waals surface area (Å²) < 4.78 is 5.66. The minimum Gasteiger partial charge on any atom is -0.370 e. The van der Waals surface area contributed by atoms with E-state index >= 15 is 0 Å². The van der Waals surface area contributed by atoms with Gasteiger partial charge in [0.05, 0.1) is 0 Å². The molecule has 0 amide bonds. The fourth-order valence-electron chi connectivity index (χ4n) is 1.78. The molecule has 1 heterocycles. The second-order valence-corrected chi connectivity index (χ2v) is 5.57. The Kier molecular flexibility index (Phi) is 5.83. The largest absolute Gasteiger partial charge is 0.370 e. The quantitative estimate of drug-likeness (QED) is 0.741. The van der Waals surface area contributed by atoms with E-state index in [1.807, 2.05) is 20.8 Å². The summed E-state index contributed by atoms with van der Waals surface area (Å²) in [6.45, 7) is 10.7. The zero-order chi connectivity index (χ0) is 13.9. The lowest BCUT2D eigenvalue weighted by Gasteiger charge is -2.21. The van der Waals surface area contributed by atoms with Crippen LogP contribution >= 0.6 is 23.2 Å². The Balaban J connectivity index is 3.18. The average molecular weight is 291 g/mol. The fourth-order valence-corrected chi connectivity index (χ4v) is 2.62. The molecule has 0 bridgehead atoms. The number of nitrogens with zero attached hydrogens (tertiary/aromatic N) is 2. The molecule has 1 aromatic rings. The Morgan fingerprint density at radius 1 is 1.06 bits per heavy atom. The average Bonchev–Trinajstić information content (AvgIpc) is 2.23. The third-order valence-electron chi connectivity index (χ3n) is 2.65. The molecule has 0 aliphatic heterocycles. The molecule has 0 saturated carbocycles. The van der Waals surface area contributed by atoms with Gasteiger partial charge in [0.1, 0.15) is 16.4 Å². The summed E-state index contributed by atoms with van der Waals surface area (Å²) in [5, 5.41) is 0.843. The molecule has 102 valence electrons. The molecule has 0 aromatic carbocycles. The van der Waals surface area contributed by atoms with Gasteiger partial charge >= 0.3 is 0 Å². The summed E-state index contributed by atoms with van der Waals surface area (Å²) in [4.78, 5) is 8.68. The van der Waals surface area contributed by atoms with Crippen molar-refractivity contribution < 1.29 is 4.74 Å². The lowest BCUT2D eigenvalue weighted by atomic mass is 10.1. The van der Waals surface area contributed by atoms with Crippen molar-refractivity contribution >= 4 is 23.2 Å². The highest BCUT2D eigenvalue weighted by Gasteiger charge is 2.23. The second-order valence-electron chi connectivity index (χ2n) is 4.85. The topological polar surface area (TPSA) is 35.0 Å². The molecule has 5 heteroatoms. The number of hydrogen-bond donors (Lipinski definition) is 0. The molecule has 0 radical (unpaired) electrons. The Labute approximate surface area is 119 Å². The monoisotopic (exact) mass is 290 g/mol. The predicted molar refractivity (Wildman–Crippen MR) is 75.3 cm³/mol. The molecule has 0 N–H and O–H groups in total. The van der Waals surface area contributed by atoms with Crippen molar-refractivity contribution in [1.29, 1.82) is 0 Å². The predicted octanol–water partition coefficient (Wildman–Crippen LogP) is 4.64. The molecule has 0 saturated heterocycles. The van der Waals surface area contributed by atoms with Crippen molar-refractivity contribution in [2.24, 2.45) is 5.92 Å². The number of ether oxygens (including phenoxy) is 1. The number of rotatable bonds is 5. The maximum atomic E-state index is 6.19. The normalized spacial score (nSPS) is 13.4. The van der Waals surface area contributed by atoms with Crippen LogP contribution in [0, 0.1) is 5.92 Å². The summed E-state index contributed by atoms with van der Waals surface area (Å²) in [5.41, 5.74) is 0.793. The standard InChI is InChI=1S/C13H20Cl2N2O/c1-6-18-10(8(4)5)13-16-11(14)9(7(2)3)12(15)17-13/h7-8,10H,6H2,1-5H3. The minimum atomic E-state index is -0.175. The maximum absolute atomic E-state index is 6.19. The summed E-state index contributed by atoms with van der Waals surface area (Å²) in [6, 6.07) is 0. The molecular weight excluding hydrogens is 271 g/mol. The molecule has 18 heavy (non-hydrogen) atoms. The van der Waals surface area contributed by atoms with E-state index in [2.05, 4.69) is 23.8 Å². The van der Waals surface area contributed by atoms with Gasteiger partial charge < -0.3 is 4.74 Å². The molecule has 0 aliphatic carbocycles. The highest BCUT2D eigenvalue weighted by Crippen LogP contribution is 2.32. The minimum absolute atomic E-state index is 0.175. The van der Waals surface area contributed by atoms with E-state index in [9.17, 15) is 0 Å². The van der Waals surface area contributed by atoms with Gasteiger partial charge in [0.25, 0.3) is 0 Å². The van der Waals surface area contributed by atoms with E-state index in [1.165, 1.54) is 0 Å². The van der Waals surface area contributed by atoms with E-state index < -0.39 is 0 Å². The van der Waals surface area contributed by atoms with E-state index in [0.717, 1.165) is 5.56 Å². The lowest BCUT2D eigenvalue weighted by molar-refractivity contribution is 0.0232. The zero-order valence-corrected chi connectivity index (χ0v) is 13.0. The van der Waals surface area contributed by atoms with Crippen molar-refractivity contribution in [3.05, 3.63) is 21.7 Å². The van der Waals surface area contributed by atoms with E-state index in [-0.39, 0.29) is 17.9 Å². The van der Waals surface area contributed by atoms with Gasteiger partial charge in [-0.25, -0.2) is 9.97 Å². The van der Waals surface area contributed by atoms with Crippen molar-refractivity contribution in [2.75, 3.05) is 6.61 Å². The Morgan fingerprint density at radius 2 is 1.56 bits per heavy atom. The van der Waals surface area contributed by atoms with Crippen molar-refractivity contribution in [2.45, 2.75) is 46.6 Å². The van der Waals surface area contributed by atoms with E-state index in [0.29, 0.717) is 22.7 Å². The summed E-state index contributed by atoms with van der Waals surface area (Å²) in [6.07, 6.45) is -0.175. The molecule has 1 rings (SSSR count). The van der Waals surface area contributed by atoms with Gasteiger partial charge in [-0.1, -0.05) is 50.9 Å². The van der Waals surface area contributed by atoms with Crippen LogP contribution in [0.25, 0.3) is 0 Å². The summed E-state index contributed by atoms with van der Waals surface area (Å²) in [7, 11) is 0. The molecular formula is C13H20Cl2N2O. The molecule has 0 fully saturated rings. The van der Waals surface area contributed by atoms with Gasteiger partial charge in [-0.3, -0.25) is 0 Å². The maximum Gasteiger partial charge on any atom is 0.160 e. The molecule has 1 aromatic heterocycles. The first-order valence-electron chi connectivity index (χ1n) is 6.22. The molecule has 0 spiro atoms. The van der Waals surface area contributed by atoms with Gasteiger partial charge in [0.15, 0.2) is 5.82 Å². The summed E-state index contributed by atoms with van der Waals surface area (Å²) in [5.74, 6) is 1.02. The van der Waals surface area contributed by atoms with Gasteiger partial charge in [-0.15, -0.1) is 0 Å². The van der Waals surface area contributed by atoms with Crippen molar-refractivity contribution in [3.8, 4) is 0 Å². The lowest BCUT2D eigenvalue weighted by Crippen LogP contribution is -2.16. The Morgan fingerprint density at radius 3 is 1.89 bits per heavy atom. The first-order chi connectivity index (χ1) is 8.38. The van der Waals surface area contributed by atoms with Crippen LogP contribution in [-0.2, 0) is 4.74 Å². The van der Waals surface area contributed by atoms with Crippen LogP contribution in [0.4, 0.5) is 0 Å². The van der Waals surface area contributed by atoms with Gasteiger partial charge in [0, 0.05) is 12.2 Å². The third kappa shape index (κ3) is 3.56. The van der Waals surface area contributed by atoms with Crippen LogP contribution in [0.15, 0.2) is 0 Å². The van der Waals surface area contributed by atoms with Gasteiger partial charge in [0.2, 0.25) is 0 Å². The molecule has 3 nitrogen and oxygen atoms in total. The van der Waals surface area contributed by atoms with Gasteiger partial charge in [-0.2, -0.15) is 0 Å². The zero-order valence-electron chi connectivity index (χ0n) is 11.5. The van der Waals surface area contributed by atoms with E-state index in [4.69, 9.17) is 27.9 Å². The van der Waals surface area contributed by atoms with Crippen LogP contribution in [0.5, 0.6) is 0 Å². The first kappa shape index (κ1) is 15.7. The van der Waals surface area contributed by atoms with E-state index in [1.54, 1.807) is 0 Å². The highest BCUT2D eigenvalue weighted by molar-refractivity contribution is 6.34. The van der Waals surface area contributed by atoms with Crippen LogP contribution < -0.4 is 0 Å². The number of hydrogen-bond acceptors (Lipinski definition) is 3. The number of aromatic nitrogens is 2. The Hall–Kier alpha value is -0.380. The Bertz CT molecular complexity index is 385. The molecule has 0 aliphatic rings. The SMILES string of the molecule is CCOC(c1nc(Cl)c(C(C)C)c(Cl)n1)C(C)C. The summed E-state index contributed by atoms with van der Waals surface area (Å²) >= 11 is 12.4. The molecule has 1 atom stereocenters. The number of halogens is 2. The van der Waals surface area contributed by atoms with Crippen LogP contribution in [-0.4, -0.2) is 16.6 Å². The fraction of sp³-hybridized carbons (Fsp3) is 0.692. The third-order valence-corrected chi connectivity index (χ3v) is 3.23. The second kappa shape index (κ2) is 6.69. The highest BCUT2D eigenvalue weighted by atomic mass is 35.5. The smallest absolute Gasteiger partial charge is 0.160 e. The van der Waals surface area contributed by atoms with Crippen LogP contribution in [0.2, 0.25) is 10.3 Å². The van der Waals surface area contributed by atoms with Crippen molar-refractivity contribution in [3.63, 3.8) is 0 Å².